The highest BCUT2D eigenvalue weighted by Crippen LogP contribution is 2.15. The first-order valence-electron chi connectivity index (χ1n) is 6.46. The van der Waals surface area contributed by atoms with Gasteiger partial charge in [-0.15, -0.1) is 11.3 Å². The monoisotopic (exact) mass is 362 g/mol. The standard InChI is InChI=1S/C16H15BrN2OS/c17-13-4-1-3-12(9-13)10-16(20)19-11-15-7-6-14(21-15)5-2-8-18/h1,3-4,6-7,9H,8,10-11,18H2,(H,19,20). The number of halogens is 1. The van der Waals surface area contributed by atoms with Crippen LogP contribution < -0.4 is 11.1 Å². The highest BCUT2D eigenvalue weighted by Gasteiger charge is 2.05. The molecule has 1 amide bonds. The number of nitrogens with two attached hydrogens (primary N) is 1. The van der Waals surface area contributed by atoms with Crippen molar-refractivity contribution in [2.45, 2.75) is 13.0 Å². The van der Waals surface area contributed by atoms with E-state index >= 15 is 0 Å². The maximum absolute atomic E-state index is 11.9. The van der Waals surface area contributed by atoms with Crippen LogP contribution in [-0.2, 0) is 17.8 Å². The van der Waals surface area contributed by atoms with Crippen LogP contribution in [0.4, 0.5) is 0 Å². The Balaban J connectivity index is 1.85. The lowest BCUT2D eigenvalue weighted by atomic mass is 10.1. The summed E-state index contributed by atoms with van der Waals surface area (Å²) in [5, 5.41) is 2.92. The van der Waals surface area contributed by atoms with Gasteiger partial charge in [-0.3, -0.25) is 4.79 Å². The minimum absolute atomic E-state index is 0.0103. The molecule has 0 fully saturated rings. The highest BCUT2D eigenvalue weighted by molar-refractivity contribution is 9.10. The fourth-order valence-corrected chi connectivity index (χ4v) is 3.03. The van der Waals surface area contributed by atoms with Gasteiger partial charge in [0.05, 0.1) is 24.4 Å². The van der Waals surface area contributed by atoms with Crippen molar-refractivity contribution in [2.75, 3.05) is 6.54 Å². The number of carbonyl (C=O) groups excluding carboxylic acids is 1. The van der Waals surface area contributed by atoms with Crippen molar-refractivity contribution < 1.29 is 4.79 Å². The predicted octanol–water partition coefficient (Wildman–Crippen LogP) is 2.68. The summed E-state index contributed by atoms with van der Waals surface area (Å²) in [6, 6.07) is 11.7. The largest absolute Gasteiger partial charge is 0.351 e. The molecule has 0 aliphatic carbocycles. The molecule has 0 unspecified atom stereocenters. The Morgan fingerprint density at radius 3 is 2.95 bits per heavy atom. The lowest BCUT2D eigenvalue weighted by Gasteiger charge is -2.04. The van der Waals surface area contributed by atoms with E-state index in [2.05, 4.69) is 33.1 Å². The molecule has 3 nitrogen and oxygen atoms in total. The summed E-state index contributed by atoms with van der Waals surface area (Å²) in [5.74, 6) is 5.81. The van der Waals surface area contributed by atoms with E-state index in [-0.39, 0.29) is 5.91 Å². The van der Waals surface area contributed by atoms with E-state index < -0.39 is 0 Å². The van der Waals surface area contributed by atoms with Gasteiger partial charge in [0, 0.05) is 9.35 Å². The maximum atomic E-state index is 11.9. The van der Waals surface area contributed by atoms with E-state index in [1.165, 1.54) is 0 Å². The Kier molecular flexibility index (Phi) is 6.00. The lowest BCUT2D eigenvalue weighted by molar-refractivity contribution is -0.120. The van der Waals surface area contributed by atoms with E-state index in [0.717, 1.165) is 19.8 Å². The van der Waals surface area contributed by atoms with E-state index in [4.69, 9.17) is 5.73 Å². The zero-order valence-electron chi connectivity index (χ0n) is 11.4. The molecule has 0 atom stereocenters. The molecule has 0 saturated heterocycles. The Morgan fingerprint density at radius 2 is 2.19 bits per heavy atom. The first-order valence-corrected chi connectivity index (χ1v) is 8.07. The Hall–Kier alpha value is -1.61. The second kappa shape index (κ2) is 7.99. The number of nitrogens with one attached hydrogen (secondary N) is 1. The molecule has 108 valence electrons. The van der Waals surface area contributed by atoms with E-state index in [9.17, 15) is 4.79 Å². The molecular weight excluding hydrogens is 348 g/mol. The van der Waals surface area contributed by atoms with Gasteiger partial charge in [0.25, 0.3) is 0 Å². The first kappa shape index (κ1) is 15.8. The molecule has 0 aliphatic heterocycles. The van der Waals surface area contributed by atoms with Crippen molar-refractivity contribution in [1.29, 1.82) is 0 Å². The summed E-state index contributed by atoms with van der Waals surface area (Å²) in [5.41, 5.74) is 6.32. The molecule has 0 saturated carbocycles. The van der Waals surface area contributed by atoms with E-state index in [1.54, 1.807) is 11.3 Å². The number of thiophene rings is 1. The molecule has 3 N–H and O–H groups in total. The first-order chi connectivity index (χ1) is 10.2. The van der Waals surface area contributed by atoms with Crippen LogP contribution in [0.25, 0.3) is 0 Å². The summed E-state index contributed by atoms with van der Waals surface area (Å²) < 4.78 is 0.981. The lowest BCUT2D eigenvalue weighted by Crippen LogP contribution is -2.24. The van der Waals surface area contributed by atoms with Crippen LogP contribution in [0.5, 0.6) is 0 Å². The Bertz CT molecular complexity index is 685. The molecule has 0 radical (unpaired) electrons. The third-order valence-corrected chi connectivity index (χ3v) is 4.18. The van der Waals surface area contributed by atoms with Crippen molar-refractivity contribution in [1.82, 2.24) is 5.32 Å². The van der Waals surface area contributed by atoms with Gasteiger partial charge in [0.2, 0.25) is 5.91 Å². The number of benzene rings is 1. The van der Waals surface area contributed by atoms with Crippen molar-refractivity contribution >= 4 is 33.2 Å². The molecule has 1 aromatic heterocycles. The van der Waals surface area contributed by atoms with Gasteiger partial charge in [0.15, 0.2) is 0 Å². The molecule has 1 aromatic carbocycles. The molecule has 2 rings (SSSR count). The average molecular weight is 363 g/mol. The predicted molar refractivity (Wildman–Crippen MR) is 89.9 cm³/mol. The van der Waals surface area contributed by atoms with Crippen molar-refractivity contribution in [2.24, 2.45) is 5.73 Å². The smallest absolute Gasteiger partial charge is 0.224 e. The van der Waals surface area contributed by atoms with Crippen molar-refractivity contribution in [3.05, 3.63) is 56.2 Å². The van der Waals surface area contributed by atoms with Gasteiger partial charge in [-0.2, -0.15) is 0 Å². The molecular formula is C16H15BrN2OS. The third-order valence-electron chi connectivity index (χ3n) is 2.69. The zero-order chi connectivity index (χ0) is 15.1. The molecule has 0 aliphatic rings. The zero-order valence-corrected chi connectivity index (χ0v) is 13.8. The van der Waals surface area contributed by atoms with Crippen molar-refractivity contribution in [3.63, 3.8) is 0 Å². The fraction of sp³-hybridized carbons (Fsp3) is 0.188. The molecule has 0 bridgehead atoms. The second-order valence-electron chi connectivity index (χ2n) is 4.36. The molecule has 2 aromatic rings. The molecule has 5 heteroatoms. The van der Waals surface area contributed by atoms with Gasteiger partial charge in [-0.05, 0) is 29.8 Å². The average Bonchev–Trinajstić information content (AvgIpc) is 2.91. The van der Waals surface area contributed by atoms with Crippen molar-refractivity contribution in [3.8, 4) is 11.8 Å². The number of amides is 1. The molecule has 1 heterocycles. The molecule has 0 spiro atoms. The number of rotatable bonds is 4. The topological polar surface area (TPSA) is 55.1 Å². The second-order valence-corrected chi connectivity index (χ2v) is 6.44. The van der Waals surface area contributed by atoms with Gasteiger partial charge in [0.1, 0.15) is 0 Å². The summed E-state index contributed by atoms with van der Waals surface area (Å²) in [7, 11) is 0. The van der Waals surface area contributed by atoms with Crippen LogP contribution in [0.2, 0.25) is 0 Å². The number of carbonyl (C=O) groups is 1. The summed E-state index contributed by atoms with van der Waals surface area (Å²) >= 11 is 4.97. The summed E-state index contributed by atoms with van der Waals surface area (Å²) in [6.45, 7) is 0.887. The Morgan fingerprint density at radius 1 is 1.33 bits per heavy atom. The van der Waals surface area contributed by atoms with Gasteiger partial charge in [-0.25, -0.2) is 0 Å². The van der Waals surface area contributed by atoms with Gasteiger partial charge < -0.3 is 11.1 Å². The van der Waals surface area contributed by atoms with Gasteiger partial charge in [-0.1, -0.05) is 39.9 Å². The SMILES string of the molecule is NCC#Cc1ccc(CNC(=O)Cc2cccc(Br)c2)s1. The van der Waals surface area contributed by atoms with Gasteiger partial charge >= 0.3 is 0 Å². The fourth-order valence-electron chi connectivity index (χ4n) is 1.76. The van der Waals surface area contributed by atoms with Crippen LogP contribution in [0.15, 0.2) is 40.9 Å². The Labute approximate surface area is 136 Å². The summed E-state index contributed by atoms with van der Waals surface area (Å²) in [4.78, 5) is 14.0. The maximum Gasteiger partial charge on any atom is 0.224 e. The normalized spacial score (nSPS) is 9.81. The van der Waals surface area contributed by atoms with Crippen LogP contribution in [0.1, 0.15) is 15.3 Å². The summed E-state index contributed by atoms with van der Waals surface area (Å²) in [6.07, 6.45) is 0.380. The van der Waals surface area contributed by atoms with Crippen LogP contribution in [0, 0.1) is 11.8 Å². The third kappa shape index (κ3) is 5.35. The van der Waals surface area contributed by atoms with Crippen LogP contribution in [0.3, 0.4) is 0 Å². The quantitative estimate of drug-likeness (QED) is 0.821. The number of hydrogen-bond acceptors (Lipinski definition) is 3. The van der Waals surface area contributed by atoms with Crippen LogP contribution >= 0.6 is 27.3 Å². The minimum Gasteiger partial charge on any atom is -0.351 e. The van der Waals surface area contributed by atoms with E-state index in [1.807, 2.05) is 36.4 Å². The van der Waals surface area contributed by atoms with Crippen LogP contribution in [-0.4, -0.2) is 12.5 Å². The number of hydrogen-bond donors (Lipinski definition) is 2. The minimum atomic E-state index is 0.0103. The van der Waals surface area contributed by atoms with E-state index in [0.29, 0.717) is 19.5 Å². The molecule has 21 heavy (non-hydrogen) atoms. The highest BCUT2D eigenvalue weighted by atomic mass is 79.9.